The number of benzene rings is 1. The average Bonchev–Trinajstić information content (AvgIpc) is 3.17. The minimum absolute atomic E-state index is 0.0881. The van der Waals surface area contributed by atoms with Crippen molar-refractivity contribution in [3.05, 3.63) is 53.3 Å². The fraction of sp³-hybridized carbons (Fsp3) is 0.316. The minimum atomic E-state index is -0.0881. The molecule has 2 aliphatic heterocycles. The smallest absolute Gasteiger partial charge is 0.259 e. The van der Waals surface area contributed by atoms with Crippen LogP contribution in [0.5, 0.6) is 0 Å². The number of nitrogens with zero attached hydrogens (tertiary/aromatic N) is 3. The standard InChI is InChI=1S/C19H19IN4O2/c20-22-19(26)13-3-1-4-14(11-13)23-7-9-24(10-8-23)18-12-17(25)15-5-2-6-16(15)21-18/h1-4,6,11H,5,7-10,12H2,(H,22,26). The quantitative estimate of drug-likeness (QED) is 0.542. The largest absolute Gasteiger partial charge is 0.368 e. The van der Waals surface area contributed by atoms with Crippen LogP contribution in [0.1, 0.15) is 23.2 Å². The molecule has 0 aromatic heterocycles. The molecule has 2 heterocycles. The third-order valence-corrected chi connectivity index (χ3v) is 5.51. The number of halogens is 1. The number of nitrogens with one attached hydrogen (secondary N) is 1. The molecule has 134 valence electrons. The van der Waals surface area contributed by atoms with Gasteiger partial charge in [0.25, 0.3) is 5.91 Å². The number of hydrogen-bond acceptors (Lipinski definition) is 5. The Morgan fingerprint density at radius 3 is 2.69 bits per heavy atom. The Morgan fingerprint density at radius 1 is 1.15 bits per heavy atom. The van der Waals surface area contributed by atoms with Gasteiger partial charge in [-0.15, -0.1) is 0 Å². The number of piperazine rings is 1. The minimum Gasteiger partial charge on any atom is -0.368 e. The van der Waals surface area contributed by atoms with E-state index in [0.717, 1.165) is 55.4 Å². The Bertz CT molecular complexity index is 851. The van der Waals surface area contributed by atoms with Crippen LogP contribution in [0.15, 0.2) is 52.7 Å². The van der Waals surface area contributed by atoms with Crippen LogP contribution in [0.4, 0.5) is 5.69 Å². The second-order valence-electron chi connectivity index (χ2n) is 6.55. The van der Waals surface area contributed by atoms with Crippen molar-refractivity contribution in [1.82, 2.24) is 8.43 Å². The second kappa shape index (κ2) is 7.22. The maximum atomic E-state index is 12.3. The molecule has 1 aromatic rings. The first-order valence-electron chi connectivity index (χ1n) is 8.67. The number of hydrogen-bond donors (Lipinski definition) is 1. The first kappa shape index (κ1) is 17.3. The highest BCUT2D eigenvalue weighted by Crippen LogP contribution is 2.27. The molecule has 1 saturated heterocycles. The van der Waals surface area contributed by atoms with Gasteiger partial charge in [-0.05, 0) is 30.7 Å². The summed E-state index contributed by atoms with van der Waals surface area (Å²) >= 11 is 1.85. The number of amides is 1. The fourth-order valence-corrected chi connectivity index (χ4v) is 3.90. The summed E-state index contributed by atoms with van der Waals surface area (Å²) in [7, 11) is 0. The third kappa shape index (κ3) is 3.27. The summed E-state index contributed by atoms with van der Waals surface area (Å²) in [5.74, 6) is 1.00. The van der Waals surface area contributed by atoms with Crippen molar-refractivity contribution >= 4 is 46.1 Å². The van der Waals surface area contributed by atoms with E-state index in [-0.39, 0.29) is 11.7 Å². The number of rotatable bonds is 2. The predicted molar refractivity (Wildman–Crippen MR) is 110 cm³/mol. The summed E-state index contributed by atoms with van der Waals surface area (Å²) < 4.78 is 2.63. The zero-order chi connectivity index (χ0) is 18.1. The SMILES string of the molecule is O=C1CC(N2CCN(c3cccc(C(=O)NI)c3)CC2)=NC2=C1CC=C2. The number of carbonyl (C=O) groups is 2. The van der Waals surface area contributed by atoms with E-state index in [1.54, 1.807) is 0 Å². The summed E-state index contributed by atoms with van der Waals surface area (Å²) in [5, 5.41) is 0. The van der Waals surface area contributed by atoms with Crippen LogP contribution in [0, 0.1) is 0 Å². The van der Waals surface area contributed by atoms with E-state index in [9.17, 15) is 9.59 Å². The number of anilines is 1. The van der Waals surface area contributed by atoms with Gasteiger partial charge in [0.15, 0.2) is 5.78 Å². The van der Waals surface area contributed by atoms with Gasteiger partial charge < -0.3 is 9.80 Å². The molecule has 1 N–H and O–H groups in total. The summed E-state index contributed by atoms with van der Waals surface area (Å²) in [5.41, 5.74) is 3.41. The van der Waals surface area contributed by atoms with E-state index < -0.39 is 0 Å². The summed E-state index contributed by atoms with van der Waals surface area (Å²) in [6, 6.07) is 7.68. The predicted octanol–water partition coefficient (Wildman–Crippen LogP) is 2.47. The van der Waals surface area contributed by atoms with Gasteiger partial charge in [-0.3, -0.25) is 13.1 Å². The Balaban J connectivity index is 1.44. The van der Waals surface area contributed by atoms with Crippen LogP contribution < -0.4 is 8.43 Å². The number of allylic oxidation sites excluding steroid dienone is 3. The second-order valence-corrected chi connectivity index (χ2v) is 7.09. The van der Waals surface area contributed by atoms with Crippen molar-refractivity contribution in [3.8, 4) is 0 Å². The lowest BCUT2D eigenvalue weighted by molar-refractivity contribution is -0.114. The third-order valence-electron chi connectivity index (χ3n) is 5.02. The zero-order valence-corrected chi connectivity index (χ0v) is 16.4. The van der Waals surface area contributed by atoms with Crippen molar-refractivity contribution in [3.63, 3.8) is 0 Å². The molecule has 0 radical (unpaired) electrons. The van der Waals surface area contributed by atoms with Gasteiger partial charge in [-0.2, -0.15) is 0 Å². The van der Waals surface area contributed by atoms with E-state index in [4.69, 9.17) is 4.99 Å². The van der Waals surface area contributed by atoms with Gasteiger partial charge in [0.2, 0.25) is 0 Å². The first-order valence-corrected chi connectivity index (χ1v) is 9.75. The van der Waals surface area contributed by atoms with Crippen LogP contribution in [0.25, 0.3) is 0 Å². The number of amidine groups is 1. The average molecular weight is 462 g/mol. The molecule has 0 saturated carbocycles. The topological polar surface area (TPSA) is 65.0 Å². The molecule has 0 unspecified atom stereocenters. The van der Waals surface area contributed by atoms with Gasteiger partial charge in [0, 0.05) is 43.0 Å². The highest BCUT2D eigenvalue weighted by atomic mass is 127. The monoisotopic (exact) mass is 462 g/mol. The molecular weight excluding hydrogens is 443 g/mol. The van der Waals surface area contributed by atoms with E-state index in [1.165, 1.54) is 0 Å². The zero-order valence-electron chi connectivity index (χ0n) is 14.2. The molecule has 0 bridgehead atoms. The normalized spacial score (nSPS) is 19.6. The van der Waals surface area contributed by atoms with Crippen molar-refractivity contribution in [2.75, 3.05) is 31.1 Å². The lowest BCUT2D eigenvalue weighted by Crippen LogP contribution is -2.49. The van der Waals surface area contributed by atoms with Crippen LogP contribution in [-0.4, -0.2) is 48.6 Å². The Morgan fingerprint density at radius 2 is 1.92 bits per heavy atom. The van der Waals surface area contributed by atoms with Gasteiger partial charge in [-0.1, -0.05) is 12.1 Å². The van der Waals surface area contributed by atoms with Gasteiger partial charge >= 0.3 is 0 Å². The van der Waals surface area contributed by atoms with Gasteiger partial charge in [-0.25, -0.2) is 4.99 Å². The molecular formula is C19H19IN4O2. The maximum absolute atomic E-state index is 12.3. The molecule has 0 spiro atoms. The number of ketones is 1. The van der Waals surface area contributed by atoms with Crippen molar-refractivity contribution < 1.29 is 9.59 Å². The van der Waals surface area contributed by atoms with E-state index in [1.807, 2.05) is 59.3 Å². The highest BCUT2D eigenvalue weighted by molar-refractivity contribution is 14.1. The number of Topliss-reactive ketones (excluding diaryl/α,β-unsaturated/α-hetero) is 1. The number of carbonyl (C=O) groups excluding carboxylic acids is 2. The van der Waals surface area contributed by atoms with Crippen LogP contribution in [0.2, 0.25) is 0 Å². The molecule has 1 fully saturated rings. The van der Waals surface area contributed by atoms with E-state index >= 15 is 0 Å². The van der Waals surface area contributed by atoms with Gasteiger partial charge in [0.05, 0.1) is 35.0 Å². The molecule has 0 atom stereocenters. The summed E-state index contributed by atoms with van der Waals surface area (Å²) in [6.45, 7) is 3.32. The van der Waals surface area contributed by atoms with Crippen LogP contribution >= 0.6 is 22.9 Å². The molecule has 26 heavy (non-hydrogen) atoms. The van der Waals surface area contributed by atoms with Crippen LogP contribution in [-0.2, 0) is 4.79 Å². The highest BCUT2D eigenvalue weighted by Gasteiger charge is 2.28. The molecule has 7 heteroatoms. The number of aliphatic imine (C=N–C) groups is 1. The molecule has 6 nitrogen and oxygen atoms in total. The molecule has 3 aliphatic rings. The van der Waals surface area contributed by atoms with Gasteiger partial charge in [0.1, 0.15) is 5.84 Å². The van der Waals surface area contributed by atoms with Crippen molar-refractivity contribution in [1.29, 1.82) is 0 Å². The van der Waals surface area contributed by atoms with E-state index in [0.29, 0.717) is 12.0 Å². The Hall–Kier alpha value is -2.16. The molecule has 4 rings (SSSR count). The fourth-order valence-electron chi connectivity index (χ4n) is 3.59. The lowest BCUT2D eigenvalue weighted by atomic mass is 10.0. The first-order chi connectivity index (χ1) is 12.7. The Kier molecular flexibility index (Phi) is 4.80. The van der Waals surface area contributed by atoms with E-state index in [2.05, 4.69) is 13.3 Å². The Labute approximate surface area is 166 Å². The molecule has 1 aliphatic carbocycles. The molecule has 1 aromatic carbocycles. The summed E-state index contributed by atoms with van der Waals surface area (Å²) in [6.07, 6.45) is 5.09. The van der Waals surface area contributed by atoms with Crippen molar-refractivity contribution in [2.45, 2.75) is 12.8 Å². The lowest BCUT2D eigenvalue weighted by Gasteiger charge is -2.38. The van der Waals surface area contributed by atoms with Crippen molar-refractivity contribution in [2.24, 2.45) is 4.99 Å². The maximum Gasteiger partial charge on any atom is 0.259 e. The molecule has 1 amide bonds. The van der Waals surface area contributed by atoms with Crippen LogP contribution in [0.3, 0.4) is 0 Å². The summed E-state index contributed by atoms with van der Waals surface area (Å²) in [4.78, 5) is 33.3.